The zero-order valence-corrected chi connectivity index (χ0v) is 16.0. The van der Waals surface area contributed by atoms with Crippen LogP contribution in [0.15, 0.2) is 23.4 Å². The molecule has 1 fully saturated rings. The molecule has 0 radical (unpaired) electrons. The van der Waals surface area contributed by atoms with Gasteiger partial charge >= 0.3 is 11.9 Å². The minimum atomic E-state index is -1.65. The lowest BCUT2D eigenvalue weighted by molar-refractivity contribution is -0.148. The number of carbonyl (C=O) groups excluding carboxylic acids is 2. The van der Waals surface area contributed by atoms with E-state index in [-0.39, 0.29) is 29.6 Å². The molecule has 0 spiro atoms. The highest BCUT2D eigenvalue weighted by Gasteiger charge is 2.54. The number of carbonyl (C=O) groups is 3. The highest BCUT2D eigenvalue weighted by atomic mass is 32.2. The van der Waals surface area contributed by atoms with Crippen molar-refractivity contribution >= 4 is 37.8 Å². The number of esters is 1. The smallest absolute Gasteiger partial charge is 0.352 e. The molecule has 1 saturated heterocycles. The van der Waals surface area contributed by atoms with Gasteiger partial charge in [-0.15, -0.1) is 11.8 Å². The predicted molar refractivity (Wildman–Crippen MR) is 93.8 cm³/mol. The summed E-state index contributed by atoms with van der Waals surface area (Å²) in [5, 5.41) is 9.34. The van der Waals surface area contributed by atoms with Crippen LogP contribution in [0.5, 0.6) is 0 Å². The van der Waals surface area contributed by atoms with Crippen LogP contribution in [0.2, 0.25) is 19.6 Å². The Labute approximate surface area is 146 Å². The monoisotopic (exact) mass is 370 g/mol. The van der Waals surface area contributed by atoms with Gasteiger partial charge in [0.2, 0.25) is 5.91 Å². The van der Waals surface area contributed by atoms with E-state index in [0.717, 1.165) is 0 Å². The number of carboxylic acid groups (broad SMARTS) is 1. The number of hydrogen-bond acceptors (Lipinski definition) is 6. The normalized spacial score (nSPS) is 24.0. The quantitative estimate of drug-likeness (QED) is 0.411. The van der Waals surface area contributed by atoms with Gasteiger partial charge in [-0.05, 0) is 11.6 Å². The Bertz CT molecular complexity index is 626. The second-order valence-electron chi connectivity index (χ2n) is 6.67. The molecule has 1 unspecified atom stereocenters. The average molecular weight is 371 g/mol. The number of hydrogen-bond donors (Lipinski definition) is 2. The first-order valence-corrected chi connectivity index (χ1v) is 12.2. The number of aliphatic carboxylic acids is 1. The van der Waals surface area contributed by atoms with Gasteiger partial charge in [-0.25, -0.2) is 4.79 Å². The number of allylic oxidation sites excluding steroid dienone is 1. The molecule has 0 aromatic carbocycles. The van der Waals surface area contributed by atoms with Gasteiger partial charge in [0, 0.05) is 12.7 Å². The number of thioether (sulfide) groups is 1. The van der Waals surface area contributed by atoms with E-state index in [9.17, 15) is 19.5 Å². The molecule has 2 atom stereocenters. The summed E-state index contributed by atoms with van der Waals surface area (Å²) in [5.74, 6) is -1.22. The van der Waals surface area contributed by atoms with Crippen LogP contribution < -0.4 is 4.98 Å². The summed E-state index contributed by atoms with van der Waals surface area (Å²) >= 11 is 1.54. The van der Waals surface area contributed by atoms with Crippen LogP contribution in [0.4, 0.5) is 0 Å². The molecule has 1 amide bonds. The van der Waals surface area contributed by atoms with E-state index in [2.05, 4.69) is 24.6 Å². The molecule has 2 heterocycles. The van der Waals surface area contributed by atoms with Crippen LogP contribution in [0.3, 0.4) is 0 Å². The van der Waals surface area contributed by atoms with E-state index in [0.29, 0.717) is 11.3 Å². The van der Waals surface area contributed by atoms with E-state index >= 15 is 0 Å². The Morgan fingerprint density at radius 3 is 2.67 bits per heavy atom. The van der Waals surface area contributed by atoms with Crippen LogP contribution >= 0.6 is 11.8 Å². The fraction of sp³-hybridized carbons (Fsp3) is 0.533. The topological polar surface area (TPSA) is 95.9 Å². The van der Waals surface area contributed by atoms with E-state index in [1.54, 1.807) is 23.9 Å². The Balaban J connectivity index is 2.17. The molecule has 2 aliphatic heterocycles. The van der Waals surface area contributed by atoms with Crippen LogP contribution in [0.25, 0.3) is 0 Å². The highest BCUT2D eigenvalue weighted by Crippen LogP contribution is 2.41. The molecule has 2 rings (SSSR count). The summed E-state index contributed by atoms with van der Waals surface area (Å²) in [6.45, 7) is 7.70. The van der Waals surface area contributed by atoms with Crippen LogP contribution in [0.1, 0.15) is 6.92 Å². The average Bonchev–Trinajstić information content (AvgIpc) is 2.47. The maximum Gasteiger partial charge on any atom is 0.352 e. The van der Waals surface area contributed by atoms with E-state index in [1.807, 2.05) is 0 Å². The number of fused-ring (bicyclic) bond motifs is 1. The first kappa shape index (κ1) is 18.8. The maximum absolute atomic E-state index is 12.4. The van der Waals surface area contributed by atoms with Crippen molar-refractivity contribution in [3.63, 3.8) is 0 Å². The van der Waals surface area contributed by atoms with Gasteiger partial charge in [-0.1, -0.05) is 25.7 Å². The lowest BCUT2D eigenvalue weighted by atomic mass is 10.0. The zero-order valence-electron chi connectivity index (χ0n) is 14.2. The molecule has 2 aliphatic rings. The summed E-state index contributed by atoms with van der Waals surface area (Å²) in [6, 6.07) is -0.317. The number of ether oxygens (including phenoxy) is 1. The number of rotatable bonds is 6. The van der Waals surface area contributed by atoms with Crippen LogP contribution in [-0.4, -0.2) is 59.9 Å². The SMILES string of the molecule is CC(=O)OCC=CC1=C(C(=O)O)N2C(=O)C(N[Si](C)(C)C)[C@H]2SC1. The Kier molecular flexibility index (Phi) is 5.56. The second-order valence-corrected chi connectivity index (χ2v) is 12.6. The number of amides is 1. The molecule has 0 bridgehead atoms. The number of nitrogens with zero attached hydrogens (tertiary/aromatic N) is 1. The number of β-lactam (4-membered cyclic amide) rings is 1. The Hall–Kier alpha value is -1.58. The van der Waals surface area contributed by atoms with E-state index in [1.165, 1.54) is 11.8 Å². The fourth-order valence-corrected chi connectivity index (χ4v) is 5.25. The van der Waals surface area contributed by atoms with Gasteiger partial charge in [0.15, 0.2) is 0 Å². The molecule has 0 aromatic heterocycles. The van der Waals surface area contributed by atoms with Crippen LogP contribution in [-0.2, 0) is 19.1 Å². The standard InChI is InChI=1S/C15H22N2O5SSi/c1-9(18)22-7-5-6-10-8-23-14-11(16-24(2,3)4)13(19)17(14)12(10)15(20)21/h5-6,11,14,16H,7-8H2,1-4H3,(H,20,21)/t11?,14-/m1/s1. The maximum atomic E-state index is 12.4. The van der Waals surface area contributed by atoms with Gasteiger partial charge in [0.25, 0.3) is 0 Å². The van der Waals surface area contributed by atoms with Crippen molar-refractivity contribution in [1.82, 2.24) is 9.88 Å². The third-order valence-corrected chi connectivity index (χ3v) is 5.97. The molecule has 7 nitrogen and oxygen atoms in total. The lowest BCUT2D eigenvalue weighted by Gasteiger charge is -2.51. The van der Waals surface area contributed by atoms with Gasteiger partial charge in [-0.2, -0.15) is 0 Å². The minimum absolute atomic E-state index is 0.0245. The summed E-state index contributed by atoms with van der Waals surface area (Å²) in [5.41, 5.74) is 0.576. The minimum Gasteiger partial charge on any atom is -0.477 e. The largest absolute Gasteiger partial charge is 0.477 e. The molecular weight excluding hydrogens is 348 g/mol. The molecule has 0 aliphatic carbocycles. The summed E-state index contributed by atoms with van der Waals surface area (Å²) in [7, 11) is -1.65. The van der Waals surface area contributed by atoms with Gasteiger partial charge < -0.3 is 14.8 Å². The molecule has 9 heteroatoms. The number of nitrogens with one attached hydrogen (secondary N) is 1. The summed E-state index contributed by atoms with van der Waals surface area (Å²) in [6.07, 6.45) is 3.20. The third kappa shape index (κ3) is 4.08. The van der Waals surface area contributed by atoms with Crippen molar-refractivity contribution in [2.45, 2.75) is 38.0 Å². The lowest BCUT2D eigenvalue weighted by Crippen LogP contribution is -2.73. The summed E-state index contributed by atoms with van der Waals surface area (Å²) in [4.78, 5) is 39.6. The van der Waals surface area contributed by atoms with Crippen LogP contribution in [0, 0.1) is 0 Å². The number of carboxylic acids is 1. The van der Waals surface area contributed by atoms with Gasteiger partial charge in [0.1, 0.15) is 32.0 Å². The molecule has 0 aromatic rings. The predicted octanol–water partition coefficient (Wildman–Crippen LogP) is 1.15. The van der Waals surface area contributed by atoms with Gasteiger partial charge in [0.05, 0.1) is 0 Å². The van der Waals surface area contributed by atoms with Crippen molar-refractivity contribution in [1.29, 1.82) is 0 Å². The van der Waals surface area contributed by atoms with Crippen molar-refractivity contribution < 1.29 is 24.2 Å². The molecule has 24 heavy (non-hydrogen) atoms. The first-order chi connectivity index (χ1) is 11.1. The van der Waals surface area contributed by atoms with E-state index < -0.39 is 20.2 Å². The Morgan fingerprint density at radius 2 is 2.12 bits per heavy atom. The first-order valence-electron chi connectivity index (χ1n) is 7.60. The van der Waals surface area contributed by atoms with Crippen molar-refractivity contribution in [2.24, 2.45) is 0 Å². The van der Waals surface area contributed by atoms with Crippen molar-refractivity contribution in [3.8, 4) is 0 Å². The van der Waals surface area contributed by atoms with Crippen molar-refractivity contribution in [2.75, 3.05) is 12.4 Å². The molecular formula is C15H22N2O5SSi. The fourth-order valence-electron chi connectivity index (χ4n) is 2.59. The Morgan fingerprint density at radius 1 is 1.46 bits per heavy atom. The van der Waals surface area contributed by atoms with Crippen molar-refractivity contribution in [3.05, 3.63) is 23.4 Å². The zero-order chi connectivity index (χ0) is 18.1. The second kappa shape index (κ2) is 7.12. The third-order valence-electron chi connectivity index (χ3n) is 3.49. The molecule has 2 N–H and O–H groups in total. The summed E-state index contributed by atoms with van der Waals surface area (Å²) < 4.78 is 4.80. The molecule has 132 valence electrons. The van der Waals surface area contributed by atoms with E-state index in [4.69, 9.17) is 4.74 Å². The highest BCUT2D eigenvalue weighted by molar-refractivity contribution is 8.00. The van der Waals surface area contributed by atoms with Gasteiger partial charge in [-0.3, -0.25) is 14.5 Å². The molecule has 0 saturated carbocycles.